The average molecular weight is 520 g/mol. The quantitative estimate of drug-likeness (QED) is 0.359. The van der Waals surface area contributed by atoms with Crippen LogP contribution in [0.2, 0.25) is 5.02 Å². The number of phenols is 1. The molecule has 2 atom stereocenters. The number of halogens is 7. The van der Waals surface area contributed by atoms with E-state index in [-0.39, 0.29) is 38.6 Å². The van der Waals surface area contributed by atoms with E-state index in [1.165, 1.54) is 33.0 Å². The van der Waals surface area contributed by atoms with Crippen LogP contribution in [0.5, 0.6) is 5.75 Å². The van der Waals surface area contributed by atoms with Gasteiger partial charge < -0.3 is 15.5 Å². The third-order valence-corrected chi connectivity index (χ3v) is 6.66. The molecule has 0 unspecified atom stereocenters. The van der Waals surface area contributed by atoms with Gasteiger partial charge in [-0.15, -0.1) is 0 Å². The van der Waals surface area contributed by atoms with Crippen molar-refractivity contribution in [2.45, 2.75) is 56.3 Å². The average Bonchev–Trinajstić information content (AvgIpc) is 2.73. The Balaban J connectivity index is 2.01. The van der Waals surface area contributed by atoms with Gasteiger partial charge in [0.2, 0.25) is 0 Å². The van der Waals surface area contributed by atoms with Crippen LogP contribution in [0.25, 0.3) is 10.9 Å². The molecule has 0 saturated carbocycles. The predicted octanol–water partition coefficient (Wildman–Crippen LogP) is 6.20. The SMILES string of the molecule is Cc1ncc2c(N[C@H]3c4ccc(Cl)c(O)c4C(C)(C)C[C@]3(O)C(F)(F)C(F)(F)F)ccc(F)c2n1. The summed E-state index contributed by atoms with van der Waals surface area (Å²) in [5.74, 6) is -6.63. The number of hydrogen-bond acceptors (Lipinski definition) is 5. The van der Waals surface area contributed by atoms with Crippen molar-refractivity contribution in [3.63, 3.8) is 0 Å². The molecule has 5 nitrogen and oxygen atoms in total. The first-order valence-corrected chi connectivity index (χ1v) is 10.8. The first-order chi connectivity index (χ1) is 16.0. The molecule has 1 aliphatic rings. The number of anilines is 1. The Morgan fingerprint density at radius 2 is 1.77 bits per heavy atom. The molecule has 1 heterocycles. The lowest BCUT2D eigenvalue weighted by Gasteiger charge is -2.51. The monoisotopic (exact) mass is 519 g/mol. The fourth-order valence-corrected chi connectivity index (χ4v) is 5.00. The van der Waals surface area contributed by atoms with E-state index in [4.69, 9.17) is 11.6 Å². The maximum absolute atomic E-state index is 15.0. The summed E-state index contributed by atoms with van der Waals surface area (Å²) in [6.45, 7) is 4.13. The van der Waals surface area contributed by atoms with Crippen LogP contribution >= 0.6 is 11.6 Å². The number of alkyl halides is 5. The third kappa shape index (κ3) is 3.76. The Bertz CT molecular complexity index is 1330. The zero-order valence-corrected chi connectivity index (χ0v) is 19.4. The summed E-state index contributed by atoms with van der Waals surface area (Å²) in [6.07, 6.45) is -6.01. The van der Waals surface area contributed by atoms with Gasteiger partial charge in [0, 0.05) is 22.8 Å². The third-order valence-electron chi connectivity index (χ3n) is 6.36. The lowest BCUT2D eigenvalue weighted by molar-refractivity contribution is -0.349. The van der Waals surface area contributed by atoms with Gasteiger partial charge in [-0.2, -0.15) is 22.0 Å². The van der Waals surface area contributed by atoms with Gasteiger partial charge >= 0.3 is 12.1 Å². The second kappa shape index (κ2) is 7.86. The number of nitrogens with one attached hydrogen (secondary N) is 1. The van der Waals surface area contributed by atoms with Crippen LogP contribution in [0.4, 0.5) is 32.0 Å². The van der Waals surface area contributed by atoms with Crippen LogP contribution in [-0.4, -0.2) is 37.9 Å². The number of nitrogens with zero attached hydrogens (tertiary/aromatic N) is 2. The molecule has 0 bridgehead atoms. The van der Waals surface area contributed by atoms with Gasteiger partial charge in [-0.1, -0.05) is 31.5 Å². The smallest absolute Gasteiger partial charge is 0.456 e. The number of aromatic hydroxyl groups is 1. The number of rotatable bonds is 3. The minimum Gasteiger partial charge on any atom is -0.506 e. The fraction of sp³-hybridized carbons (Fsp3) is 0.391. The maximum Gasteiger partial charge on any atom is 0.456 e. The Morgan fingerprint density at radius 3 is 2.40 bits per heavy atom. The molecule has 12 heteroatoms. The van der Waals surface area contributed by atoms with Crippen molar-refractivity contribution >= 4 is 28.2 Å². The van der Waals surface area contributed by atoms with E-state index >= 15 is 8.78 Å². The molecular weight excluding hydrogens is 500 g/mol. The Kier molecular flexibility index (Phi) is 5.68. The summed E-state index contributed by atoms with van der Waals surface area (Å²) in [5, 5.41) is 24.2. The summed E-state index contributed by atoms with van der Waals surface area (Å²) >= 11 is 6.01. The number of aliphatic hydroxyl groups is 1. The van der Waals surface area contributed by atoms with Crippen molar-refractivity contribution in [1.82, 2.24) is 9.97 Å². The number of aromatic nitrogens is 2. The van der Waals surface area contributed by atoms with Crippen LogP contribution in [-0.2, 0) is 5.41 Å². The normalized spacial score (nSPS) is 22.2. The van der Waals surface area contributed by atoms with E-state index in [9.17, 15) is 27.8 Å². The lowest BCUT2D eigenvalue weighted by atomic mass is 9.61. The molecule has 3 aromatic rings. The largest absolute Gasteiger partial charge is 0.506 e. The Morgan fingerprint density at radius 1 is 1.11 bits per heavy atom. The van der Waals surface area contributed by atoms with E-state index < -0.39 is 47.1 Å². The van der Waals surface area contributed by atoms with Crippen molar-refractivity contribution < 1.29 is 36.6 Å². The van der Waals surface area contributed by atoms with Crippen molar-refractivity contribution in [1.29, 1.82) is 0 Å². The summed E-state index contributed by atoms with van der Waals surface area (Å²) in [6, 6.07) is 2.29. The van der Waals surface area contributed by atoms with E-state index in [2.05, 4.69) is 15.3 Å². The highest BCUT2D eigenvalue weighted by Crippen LogP contribution is 2.60. The van der Waals surface area contributed by atoms with Crippen LogP contribution in [0, 0.1) is 12.7 Å². The van der Waals surface area contributed by atoms with Gasteiger partial charge in [0.25, 0.3) is 0 Å². The molecule has 35 heavy (non-hydrogen) atoms. The minimum atomic E-state index is -6.10. The zero-order chi connectivity index (χ0) is 26.1. The molecule has 2 aromatic carbocycles. The maximum atomic E-state index is 15.0. The lowest BCUT2D eigenvalue weighted by Crippen LogP contribution is -2.65. The number of phenolic OH excluding ortho intramolecular Hbond substituents is 1. The van der Waals surface area contributed by atoms with Crippen molar-refractivity contribution in [3.8, 4) is 5.75 Å². The summed E-state index contributed by atoms with van der Waals surface area (Å²) in [7, 11) is 0. The Labute approximate surface area is 200 Å². The van der Waals surface area contributed by atoms with Crippen LogP contribution in [0.15, 0.2) is 30.5 Å². The first kappa shape index (κ1) is 25.3. The summed E-state index contributed by atoms with van der Waals surface area (Å²) in [5.41, 5.74) is -5.76. The van der Waals surface area contributed by atoms with Crippen molar-refractivity contribution in [2.24, 2.45) is 0 Å². The fourth-order valence-electron chi connectivity index (χ4n) is 4.85. The van der Waals surface area contributed by atoms with Gasteiger partial charge in [0.05, 0.1) is 11.1 Å². The molecule has 0 aliphatic heterocycles. The van der Waals surface area contributed by atoms with Gasteiger partial charge in [-0.05, 0) is 42.5 Å². The van der Waals surface area contributed by atoms with E-state index in [1.54, 1.807) is 0 Å². The second-order valence-corrected chi connectivity index (χ2v) is 9.68. The molecule has 1 aromatic heterocycles. The van der Waals surface area contributed by atoms with Crippen molar-refractivity contribution in [2.75, 3.05) is 5.32 Å². The zero-order valence-electron chi connectivity index (χ0n) is 18.6. The van der Waals surface area contributed by atoms with E-state index in [1.807, 2.05) is 0 Å². The standard InChI is InChI=1S/C23H20ClF6N3O2/c1-10-31-8-12-15(7-6-14(25)17(12)32-10)33-19-11-4-5-13(24)18(34)16(11)20(2,3)9-21(19,35)22(26,27)23(28,29)30/h4-8,19,33-35H,9H2,1-3H3/t19-,21+/m0/s1. The van der Waals surface area contributed by atoms with E-state index in [0.29, 0.717) is 0 Å². The molecule has 3 N–H and O–H groups in total. The topological polar surface area (TPSA) is 78.3 Å². The highest BCUT2D eigenvalue weighted by Gasteiger charge is 2.74. The van der Waals surface area contributed by atoms with Gasteiger partial charge in [-0.25, -0.2) is 14.4 Å². The van der Waals surface area contributed by atoms with Gasteiger partial charge in [-0.3, -0.25) is 0 Å². The van der Waals surface area contributed by atoms with Gasteiger partial charge in [0.1, 0.15) is 22.9 Å². The second-order valence-electron chi connectivity index (χ2n) is 9.27. The molecular formula is C23H20ClF6N3O2. The summed E-state index contributed by atoms with van der Waals surface area (Å²) in [4.78, 5) is 7.93. The highest BCUT2D eigenvalue weighted by molar-refractivity contribution is 6.32. The highest BCUT2D eigenvalue weighted by atomic mass is 35.5. The molecule has 1 aliphatic carbocycles. The first-order valence-electron chi connectivity index (χ1n) is 10.4. The van der Waals surface area contributed by atoms with Crippen LogP contribution < -0.4 is 5.32 Å². The van der Waals surface area contributed by atoms with Crippen molar-refractivity contribution in [3.05, 3.63) is 58.3 Å². The molecule has 0 saturated heterocycles. The predicted molar refractivity (Wildman–Crippen MR) is 117 cm³/mol. The molecule has 0 amide bonds. The van der Waals surface area contributed by atoms with E-state index in [0.717, 1.165) is 18.2 Å². The molecule has 0 radical (unpaired) electrons. The Hall–Kier alpha value is -2.79. The van der Waals surface area contributed by atoms with Gasteiger partial charge in [0.15, 0.2) is 5.60 Å². The molecule has 0 fully saturated rings. The number of hydrogen-bond donors (Lipinski definition) is 3. The number of benzene rings is 2. The van der Waals surface area contributed by atoms with Crippen LogP contribution in [0.3, 0.4) is 0 Å². The number of fused-ring (bicyclic) bond motifs is 2. The molecule has 4 rings (SSSR count). The number of aryl methyl sites for hydroxylation is 1. The molecule has 188 valence electrons. The molecule has 0 spiro atoms. The van der Waals surface area contributed by atoms with Crippen LogP contribution in [0.1, 0.15) is 43.3 Å². The summed E-state index contributed by atoms with van der Waals surface area (Å²) < 4.78 is 85.3. The minimum absolute atomic E-state index is 0.00200.